The third-order valence-corrected chi connectivity index (χ3v) is 5.16. The predicted molar refractivity (Wildman–Crippen MR) is 102 cm³/mol. The lowest BCUT2D eigenvalue weighted by Gasteiger charge is -2.09. The van der Waals surface area contributed by atoms with Crippen LogP contribution < -0.4 is 5.56 Å². The highest BCUT2D eigenvalue weighted by molar-refractivity contribution is 7.19. The first-order valence-corrected chi connectivity index (χ1v) is 9.02. The highest BCUT2D eigenvalue weighted by Gasteiger charge is 2.16. The van der Waals surface area contributed by atoms with Crippen LogP contribution in [-0.2, 0) is 6.54 Å². The van der Waals surface area contributed by atoms with E-state index >= 15 is 0 Å². The van der Waals surface area contributed by atoms with Gasteiger partial charge in [0.1, 0.15) is 11.5 Å². The van der Waals surface area contributed by atoms with Gasteiger partial charge in [0.05, 0.1) is 16.3 Å². The normalized spacial score (nSPS) is 11.2. The van der Waals surface area contributed by atoms with Crippen LogP contribution in [0.25, 0.3) is 21.5 Å². The maximum absolute atomic E-state index is 13.3. The number of rotatable bonds is 3. The average Bonchev–Trinajstić information content (AvgIpc) is 3.02. The summed E-state index contributed by atoms with van der Waals surface area (Å²) in [7, 11) is 0. The van der Waals surface area contributed by atoms with Crippen molar-refractivity contribution in [1.82, 2.24) is 14.8 Å². The Kier molecular flexibility index (Phi) is 4.12. The van der Waals surface area contributed by atoms with Gasteiger partial charge in [-0.2, -0.15) is 5.10 Å². The lowest BCUT2D eigenvalue weighted by atomic mass is 10.1. The van der Waals surface area contributed by atoms with Crippen molar-refractivity contribution in [2.45, 2.75) is 20.4 Å². The van der Waals surface area contributed by atoms with Crippen LogP contribution in [0, 0.1) is 19.7 Å². The van der Waals surface area contributed by atoms with E-state index in [4.69, 9.17) is 0 Å². The van der Waals surface area contributed by atoms with Gasteiger partial charge in [0.25, 0.3) is 5.56 Å². The summed E-state index contributed by atoms with van der Waals surface area (Å²) >= 11 is 1.43. The van der Waals surface area contributed by atoms with Crippen molar-refractivity contribution in [2.24, 2.45) is 0 Å². The second kappa shape index (κ2) is 6.46. The van der Waals surface area contributed by atoms with Gasteiger partial charge >= 0.3 is 0 Å². The van der Waals surface area contributed by atoms with Crippen LogP contribution in [0.4, 0.5) is 4.39 Å². The topological polar surface area (TPSA) is 47.8 Å². The van der Waals surface area contributed by atoms with Crippen LogP contribution in [0.2, 0.25) is 0 Å². The minimum absolute atomic E-state index is 0.212. The quantitative estimate of drug-likeness (QED) is 0.543. The van der Waals surface area contributed by atoms with Gasteiger partial charge < -0.3 is 0 Å². The van der Waals surface area contributed by atoms with Crippen molar-refractivity contribution < 1.29 is 4.39 Å². The van der Waals surface area contributed by atoms with Crippen LogP contribution >= 0.6 is 11.3 Å². The second-order valence-corrected chi connectivity index (χ2v) is 7.42. The molecule has 0 saturated heterocycles. The van der Waals surface area contributed by atoms with Crippen molar-refractivity contribution in [3.8, 4) is 11.3 Å². The Hall–Kier alpha value is -2.86. The standard InChI is InChI=1S/C20H16FN3OS/c1-12-3-5-14(6-4-12)11-24-20(25)18-19(26-13(2)22-18)17(23-24)15-7-9-16(21)10-8-15/h3-10H,11H2,1-2H3. The van der Waals surface area contributed by atoms with Crippen LogP contribution in [0.3, 0.4) is 0 Å². The number of fused-ring (bicyclic) bond motifs is 1. The van der Waals surface area contributed by atoms with E-state index in [1.165, 1.54) is 28.2 Å². The van der Waals surface area contributed by atoms with Gasteiger partial charge in [-0.05, 0) is 43.7 Å². The minimum Gasteiger partial charge on any atom is -0.265 e. The fourth-order valence-electron chi connectivity index (χ4n) is 2.84. The fraction of sp³-hybridized carbons (Fsp3) is 0.150. The number of hydrogen-bond donors (Lipinski definition) is 0. The zero-order valence-corrected chi connectivity index (χ0v) is 15.2. The molecule has 0 bridgehead atoms. The van der Waals surface area contributed by atoms with E-state index in [2.05, 4.69) is 10.1 Å². The Balaban J connectivity index is 1.90. The highest BCUT2D eigenvalue weighted by Crippen LogP contribution is 2.29. The summed E-state index contributed by atoms with van der Waals surface area (Å²) in [6.07, 6.45) is 0. The molecule has 0 aliphatic rings. The minimum atomic E-state index is -0.307. The van der Waals surface area contributed by atoms with Gasteiger partial charge in [-0.1, -0.05) is 29.8 Å². The second-order valence-electron chi connectivity index (χ2n) is 6.21. The molecule has 0 N–H and O–H groups in total. The number of aromatic nitrogens is 3. The molecule has 0 spiro atoms. The molecule has 0 atom stereocenters. The van der Waals surface area contributed by atoms with E-state index in [-0.39, 0.29) is 11.4 Å². The Bertz CT molecular complexity index is 1140. The molecule has 2 aromatic carbocycles. The van der Waals surface area contributed by atoms with Crippen molar-refractivity contribution in [3.63, 3.8) is 0 Å². The van der Waals surface area contributed by atoms with Crippen molar-refractivity contribution >= 4 is 21.6 Å². The molecule has 0 saturated carbocycles. The third kappa shape index (κ3) is 3.04. The van der Waals surface area contributed by atoms with E-state index in [0.29, 0.717) is 17.8 Å². The molecule has 0 aliphatic heterocycles. The van der Waals surface area contributed by atoms with Crippen molar-refractivity contribution in [2.75, 3.05) is 0 Å². The lowest BCUT2D eigenvalue weighted by molar-refractivity contribution is 0.627. The van der Waals surface area contributed by atoms with Gasteiger partial charge in [-0.15, -0.1) is 11.3 Å². The lowest BCUT2D eigenvalue weighted by Crippen LogP contribution is -2.24. The van der Waals surface area contributed by atoms with Crippen LogP contribution in [0.15, 0.2) is 53.3 Å². The Morgan fingerprint density at radius 3 is 2.42 bits per heavy atom. The number of hydrogen-bond acceptors (Lipinski definition) is 4. The van der Waals surface area contributed by atoms with Gasteiger partial charge in [-0.25, -0.2) is 14.1 Å². The fourth-order valence-corrected chi connectivity index (χ4v) is 3.75. The maximum atomic E-state index is 13.3. The van der Waals surface area contributed by atoms with Gasteiger partial charge in [0.15, 0.2) is 5.52 Å². The first-order valence-electron chi connectivity index (χ1n) is 8.21. The molecule has 0 amide bonds. The molecule has 26 heavy (non-hydrogen) atoms. The Morgan fingerprint density at radius 1 is 1.04 bits per heavy atom. The van der Waals surface area contributed by atoms with Crippen molar-refractivity contribution in [1.29, 1.82) is 0 Å². The summed E-state index contributed by atoms with van der Waals surface area (Å²) in [6.45, 7) is 4.24. The molecule has 130 valence electrons. The summed E-state index contributed by atoms with van der Waals surface area (Å²) in [6, 6.07) is 14.1. The molecular formula is C20H16FN3OS. The number of aryl methyl sites for hydroxylation is 2. The maximum Gasteiger partial charge on any atom is 0.294 e. The van der Waals surface area contributed by atoms with Crippen LogP contribution in [-0.4, -0.2) is 14.8 Å². The zero-order chi connectivity index (χ0) is 18.3. The Labute approximate surface area is 153 Å². The highest BCUT2D eigenvalue weighted by atomic mass is 32.1. The molecule has 4 aromatic rings. The van der Waals surface area contributed by atoms with Crippen LogP contribution in [0.5, 0.6) is 0 Å². The molecule has 0 fully saturated rings. The summed E-state index contributed by atoms with van der Waals surface area (Å²) in [5.74, 6) is -0.307. The summed E-state index contributed by atoms with van der Waals surface area (Å²) < 4.78 is 15.5. The predicted octanol–water partition coefficient (Wildman–Crippen LogP) is 4.32. The number of nitrogens with zero attached hydrogens (tertiary/aromatic N) is 3. The smallest absolute Gasteiger partial charge is 0.265 e. The molecular weight excluding hydrogens is 349 g/mol. The molecule has 6 heteroatoms. The molecule has 0 radical (unpaired) electrons. The summed E-state index contributed by atoms with van der Waals surface area (Å²) in [5.41, 5.74) is 3.76. The summed E-state index contributed by atoms with van der Waals surface area (Å²) in [4.78, 5) is 17.2. The third-order valence-electron chi connectivity index (χ3n) is 4.18. The van der Waals surface area contributed by atoms with Gasteiger partial charge in [0.2, 0.25) is 0 Å². The average molecular weight is 365 g/mol. The van der Waals surface area contributed by atoms with Gasteiger partial charge in [-0.3, -0.25) is 4.79 Å². The monoisotopic (exact) mass is 365 g/mol. The molecule has 4 nitrogen and oxygen atoms in total. The van der Waals surface area contributed by atoms with Gasteiger partial charge in [0, 0.05) is 5.56 Å². The molecule has 0 aliphatic carbocycles. The zero-order valence-electron chi connectivity index (χ0n) is 14.4. The SMILES string of the molecule is Cc1ccc(Cn2nc(-c3ccc(F)cc3)c3sc(C)nc3c2=O)cc1. The Morgan fingerprint density at radius 2 is 1.73 bits per heavy atom. The van der Waals surface area contributed by atoms with Crippen LogP contribution in [0.1, 0.15) is 16.1 Å². The van der Waals surface area contributed by atoms with Crippen molar-refractivity contribution in [3.05, 3.63) is 80.8 Å². The first-order chi connectivity index (χ1) is 12.5. The largest absolute Gasteiger partial charge is 0.294 e. The van der Waals surface area contributed by atoms with E-state index < -0.39 is 0 Å². The van der Waals surface area contributed by atoms with E-state index in [0.717, 1.165) is 26.4 Å². The number of benzene rings is 2. The molecule has 2 heterocycles. The molecule has 2 aromatic heterocycles. The number of halogens is 1. The summed E-state index contributed by atoms with van der Waals surface area (Å²) in [5, 5.41) is 5.38. The molecule has 0 unspecified atom stereocenters. The first kappa shape index (κ1) is 16.6. The van der Waals surface area contributed by atoms with E-state index in [1.807, 2.05) is 38.1 Å². The number of thiazole rings is 1. The van der Waals surface area contributed by atoms with E-state index in [1.54, 1.807) is 12.1 Å². The molecule has 4 rings (SSSR count). The van der Waals surface area contributed by atoms with E-state index in [9.17, 15) is 9.18 Å².